The molecule has 38 nitrogen and oxygen atoms in total. The van der Waals surface area contributed by atoms with Crippen molar-refractivity contribution in [1.82, 2.24) is 71.2 Å². The van der Waals surface area contributed by atoms with Gasteiger partial charge in [-0.15, -0.1) is 0 Å². The third kappa shape index (κ3) is 23.6. The van der Waals surface area contributed by atoms with Crippen LogP contribution in [0.2, 0.25) is 0 Å². The summed E-state index contributed by atoms with van der Waals surface area (Å²) in [5, 5.41) is 21.9. The number of benzene rings is 4. The second kappa shape index (κ2) is 44.4. The van der Waals surface area contributed by atoms with E-state index in [0.29, 0.717) is 81.1 Å². The molecule has 752 valence electrons. The molecule has 16 rings (SSSR count). The monoisotopic (exact) mass is 1950 g/mol. The van der Waals surface area contributed by atoms with Gasteiger partial charge in [0.2, 0.25) is 23.8 Å². The number of aromatic nitrogens is 8. The topological polar surface area (TPSA) is 405 Å². The van der Waals surface area contributed by atoms with Crippen molar-refractivity contribution in [2.24, 2.45) is 0 Å². The molecule has 0 spiro atoms. The van der Waals surface area contributed by atoms with Gasteiger partial charge in [-0.2, -0.15) is 55.1 Å². The Bertz CT molecular complexity index is 5850. The lowest BCUT2D eigenvalue weighted by molar-refractivity contribution is -0.141. The van der Waals surface area contributed by atoms with Crippen LogP contribution in [0.25, 0.3) is 0 Å². The van der Waals surface area contributed by atoms with E-state index in [1.165, 1.54) is 93.5 Å². The SMILES string of the molecule is CCNC(=O)c1ccc(Nc2ncc3c(n2)N(C2CCCC2)CC(F)(F)C(=O)N3C)c(OC)c1.CNC(=O)c1ccc(Nc2ncc3c(n2)N(C2CCCC2)CC(F)(F)C(=O)N3C)c(OC)c1.COc1cc(C(=O)NCCCN(C)C)ccc1Nc1ncc2c(n1)N(C1CCCC1)CC(F)(F)C(=O)N2C.COc1cc(C(=O)NN(C)C)ccc1Nc1ncc2c(n1)N(C1CCCC1)CC(F)(F)C(=O)N2C. The third-order valence-corrected chi connectivity index (χ3v) is 25.3. The number of nitrogens with one attached hydrogen (secondary N) is 8. The zero-order valence-corrected chi connectivity index (χ0v) is 80.5. The van der Waals surface area contributed by atoms with Gasteiger partial charge in [0.1, 0.15) is 45.7 Å². The maximum atomic E-state index is 14.8. The van der Waals surface area contributed by atoms with Gasteiger partial charge in [-0.05, 0) is 158 Å². The average Bonchev–Trinajstić information content (AvgIpc) is 1.63. The minimum atomic E-state index is -3.54. The van der Waals surface area contributed by atoms with Crippen LogP contribution in [0, 0.1) is 0 Å². The molecule has 8 aliphatic rings. The molecule has 4 aliphatic carbocycles. The van der Waals surface area contributed by atoms with Gasteiger partial charge in [-0.25, -0.2) is 24.9 Å². The first kappa shape index (κ1) is 103. The summed E-state index contributed by atoms with van der Waals surface area (Å²) in [6, 6.07) is 19.0. The van der Waals surface area contributed by atoms with Crippen LogP contribution in [0.4, 0.5) is 128 Å². The molecule has 8 N–H and O–H groups in total. The highest BCUT2D eigenvalue weighted by atomic mass is 19.3. The van der Waals surface area contributed by atoms with Gasteiger partial charge >= 0.3 is 23.7 Å². The number of ether oxygens (including phenoxy) is 4. The third-order valence-electron chi connectivity index (χ3n) is 25.3. The smallest absolute Gasteiger partial charge is 0.342 e. The van der Waals surface area contributed by atoms with E-state index in [0.717, 1.165) is 135 Å². The first-order chi connectivity index (χ1) is 66.7. The van der Waals surface area contributed by atoms with Crippen molar-refractivity contribution >= 4 is 140 Å². The number of alkyl halides is 8. The molecule has 8 heterocycles. The second-order valence-electron chi connectivity index (χ2n) is 35.5. The zero-order chi connectivity index (χ0) is 101. The number of amides is 8. The van der Waals surface area contributed by atoms with Gasteiger partial charge in [0.25, 0.3) is 47.3 Å². The Labute approximate surface area is 804 Å². The normalized spacial score (nSPS) is 17.8. The molecule has 4 saturated carbocycles. The number of rotatable bonds is 26. The van der Waals surface area contributed by atoms with Crippen LogP contribution in [0.3, 0.4) is 0 Å². The lowest BCUT2D eigenvalue weighted by Crippen LogP contribution is -2.48. The number of nitrogens with zero attached hydrogens (tertiary/aromatic N) is 18. The van der Waals surface area contributed by atoms with Crippen LogP contribution in [-0.4, -0.2) is 283 Å². The first-order valence-corrected chi connectivity index (χ1v) is 46.1. The number of fused-ring (bicyclic) bond motifs is 4. The molecule has 4 aliphatic heterocycles. The number of hydrazine groups is 1. The predicted octanol–water partition coefficient (Wildman–Crippen LogP) is 12.4. The maximum Gasteiger partial charge on any atom is 0.342 e. The Morgan fingerprint density at radius 2 is 0.636 bits per heavy atom. The number of anilines is 16. The van der Waals surface area contributed by atoms with Crippen LogP contribution in [0.15, 0.2) is 97.6 Å². The molecular formula is C94H118F8N26O12. The van der Waals surface area contributed by atoms with Crippen molar-refractivity contribution in [3.63, 3.8) is 0 Å². The fourth-order valence-corrected chi connectivity index (χ4v) is 18.0. The van der Waals surface area contributed by atoms with E-state index in [9.17, 15) is 73.5 Å². The van der Waals surface area contributed by atoms with Crippen molar-refractivity contribution in [2.45, 2.75) is 164 Å². The van der Waals surface area contributed by atoms with Crippen LogP contribution in [0.5, 0.6) is 23.0 Å². The second-order valence-corrected chi connectivity index (χ2v) is 35.5. The van der Waals surface area contributed by atoms with E-state index in [-0.39, 0.29) is 118 Å². The molecule has 4 aromatic carbocycles. The molecule has 0 saturated heterocycles. The van der Waals surface area contributed by atoms with E-state index < -0.39 is 73.5 Å². The molecule has 46 heteroatoms. The summed E-state index contributed by atoms with van der Waals surface area (Å²) >= 11 is 0. The highest BCUT2D eigenvalue weighted by Crippen LogP contribution is 2.47. The summed E-state index contributed by atoms with van der Waals surface area (Å²) in [7, 11) is 20.0. The summed E-state index contributed by atoms with van der Waals surface area (Å²) in [6.45, 7) is 0.829. The highest BCUT2D eigenvalue weighted by molar-refractivity contribution is 6.06. The summed E-state index contributed by atoms with van der Waals surface area (Å²) in [5.74, 6) is -16.9. The van der Waals surface area contributed by atoms with Crippen LogP contribution < -0.4 is 101 Å². The van der Waals surface area contributed by atoms with Crippen molar-refractivity contribution in [3.05, 3.63) is 120 Å². The van der Waals surface area contributed by atoms with Crippen LogP contribution >= 0.6 is 0 Å². The standard InChI is InChI=1S/C26H35F2N7O3.C23H29F2N7O3.C23H28F2N6O3.C22H26F2N6O3/c1-33(2)13-7-12-29-23(36)17-10-11-19(21(14-17)38-4)31-25-30-15-20-22(32-25)35(18-8-5-6-9-18)16-26(27,28)24(37)34(20)3;1-30(2)29-20(33)14-9-10-16(18(11-14)35-4)27-22-26-12-17-19(28-22)32(15-7-5-6-8-15)13-23(24,25)21(34)31(17)3;1-4-26-20(32)14-9-10-16(18(11-14)34-3)28-22-27-12-17-19(29-22)31(15-7-5-6-8-15)13-23(24,25)21(33)30(17)2;1-25-19(31)13-8-9-15(17(10-13)33-3)27-21-26-11-16-18(28-21)30(14-6-4-5-7-14)12-22(23,24)20(32)29(16)2/h10-11,14-15,18H,5-9,12-13,16H2,1-4H3,(H,29,36)(H,30,31,32);9-12,15H,5-8,13H2,1-4H3,(H,29,33)(H,26,27,28);9-12,15H,4-8,13H2,1-3H3,(H,26,32)(H,27,28,29);8-11,14H,4-7,12H2,1-3H3,(H,25,31)(H,26,27,28). The van der Waals surface area contributed by atoms with Crippen LogP contribution in [-0.2, 0) is 19.2 Å². The lowest BCUT2D eigenvalue weighted by Gasteiger charge is -2.31. The lowest BCUT2D eigenvalue weighted by atomic mass is 10.1. The molecule has 0 atom stereocenters. The summed E-state index contributed by atoms with van der Waals surface area (Å²) in [4.78, 5) is 146. The summed E-state index contributed by atoms with van der Waals surface area (Å²) in [6.07, 6.45) is 19.9. The van der Waals surface area contributed by atoms with E-state index in [1.54, 1.807) is 106 Å². The number of halogens is 8. The first-order valence-electron chi connectivity index (χ1n) is 46.1. The molecule has 8 amide bonds. The van der Waals surface area contributed by atoms with Crippen molar-refractivity contribution in [2.75, 3.05) is 198 Å². The largest absolute Gasteiger partial charge is 0.495 e. The molecule has 0 unspecified atom stereocenters. The Morgan fingerprint density at radius 3 is 0.871 bits per heavy atom. The van der Waals surface area contributed by atoms with Gasteiger partial charge in [-0.3, -0.25) is 43.8 Å². The van der Waals surface area contributed by atoms with Crippen molar-refractivity contribution in [3.8, 4) is 23.0 Å². The Kier molecular flexibility index (Phi) is 32.7. The minimum absolute atomic E-state index is 0.127. The number of carbonyl (C=O) groups is 8. The maximum absolute atomic E-state index is 14.8. The number of hydrogen-bond donors (Lipinski definition) is 8. The Balaban J connectivity index is 0.000000157. The highest BCUT2D eigenvalue weighted by Gasteiger charge is 2.54. The van der Waals surface area contributed by atoms with Gasteiger partial charge in [0.05, 0.1) is 102 Å². The summed E-state index contributed by atoms with van der Waals surface area (Å²) < 4.78 is 140. The molecule has 0 radical (unpaired) electrons. The molecule has 140 heavy (non-hydrogen) atoms. The Morgan fingerprint density at radius 1 is 0.386 bits per heavy atom. The van der Waals surface area contributed by atoms with Crippen molar-refractivity contribution < 1.29 is 92.4 Å². The minimum Gasteiger partial charge on any atom is -0.495 e. The zero-order valence-electron chi connectivity index (χ0n) is 80.5. The molecule has 4 fully saturated rings. The molecule has 4 aromatic heterocycles. The van der Waals surface area contributed by atoms with E-state index in [2.05, 4.69) is 87.4 Å². The van der Waals surface area contributed by atoms with Gasteiger partial charge in [0, 0.05) is 109 Å². The van der Waals surface area contributed by atoms with Gasteiger partial charge < -0.3 is 100 Å². The van der Waals surface area contributed by atoms with E-state index in [1.807, 2.05) is 21.0 Å². The number of hydrogen-bond acceptors (Lipinski definition) is 30. The quantitative estimate of drug-likeness (QED) is 0.0142. The van der Waals surface area contributed by atoms with E-state index >= 15 is 0 Å². The van der Waals surface area contributed by atoms with E-state index in [4.69, 9.17) is 18.9 Å². The molecule has 8 aromatic rings. The van der Waals surface area contributed by atoms with Gasteiger partial charge in [-0.1, -0.05) is 51.4 Å². The predicted molar refractivity (Wildman–Crippen MR) is 513 cm³/mol. The summed E-state index contributed by atoms with van der Waals surface area (Å²) in [5.41, 5.74) is 7.27. The van der Waals surface area contributed by atoms with Gasteiger partial charge in [0.15, 0.2) is 23.3 Å². The fraction of sp³-hybridized carbons (Fsp3) is 0.489. The van der Waals surface area contributed by atoms with Crippen molar-refractivity contribution in [1.29, 1.82) is 0 Å². The van der Waals surface area contributed by atoms with Crippen LogP contribution in [0.1, 0.15) is 158 Å². The molecule has 0 bridgehead atoms. The molecular weight excluding hydrogens is 1840 g/mol. The number of carbonyl (C=O) groups excluding carboxylic acids is 8. The Hall–Kier alpha value is -14.1. The average molecular weight is 1960 g/mol. The fourth-order valence-electron chi connectivity index (χ4n) is 18.0. The number of methoxy groups -OCH3 is 4.